The van der Waals surface area contributed by atoms with E-state index in [0.717, 1.165) is 10.4 Å². The van der Waals surface area contributed by atoms with Gasteiger partial charge in [0.15, 0.2) is 12.4 Å². The number of hydrogen-bond acceptors (Lipinski definition) is 6. The van der Waals surface area contributed by atoms with Crippen LogP contribution in [0, 0.1) is 11.3 Å². The molecule has 4 rings (SSSR count). The highest BCUT2D eigenvalue weighted by molar-refractivity contribution is 7.17. The van der Waals surface area contributed by atoms with Crippen molar-refractivity contribution in [2.24, 2.45) is 0 Å². The van der Waals surface area contributed by atoms with Crippen LogP contribution in [0.25, 0.3) is 16.1 Å². The van der Waals surface area contributed by atoms with Gasteiger partial charge in [0.2, 0.25) is 0 Å². The maximum Gasteiger partial charge on any atom is 0.348 e. The van der Waals surface area contributed by atoms with Crippen LogP contribution in [0.3, 0.4) is 0 Å². The lowest BCUT2D eigenvalue weighted by molar-refractivity contribution is -0.119. The van der Waals surface area contributed by atoms with E-state index < -0.39 is 18.5 Å². The number of aromatic nitrogens is 2. The molecule has 0 radical (unpaired) electrons. The van der Waals surface area contributed by atoms with E-state index in [-0.39, 0.29) is 11.4 Å². The highest BCUT2D eigenvalue weighted by Crippen LogP contribution is 2.29. The van der Waals surface area contributed by atoms with Crippen molar-refractivity contribution in [3.63, 3.8) is 0 Å². The van der Waals surface area contributed by atoms with E-state index in [1.54, 1.807) is 30.3 Å². The van der Waals surface area contributed by atoms with Crippen LogP contribution in [0.15, 0.2) is 72.9 Å². The van der Waals surface area contributed by atoms with Gasteiger partial charge in [-0.25, -0.2) is 9.48 Å². The van der Waals surface area contributed by atoms with Gasteiger partial charge < -0.3 is 10.1 Å². The summed E-state index contributed by atoms with van der Waals surface area (Å²) >= 11 is 7.16. The number of para-hydroxylation sites is 1. The van der Waals surface area contributed by atoms with E-state index in [2.05, 4.69) is 10.4 Å². The van der Waals surface area contributed by atoms with Crippen molar-refractivity contribution in [2.75, 3.05) is 11.9 Å². The Bertz CT molecular complexity index is 1310. The fourth-order valence-electron chi connectivity index (χ4n) is 2.90. The quantitative estimate of drug-likeness (QED) is 0.410. The summed E-state index contributed by atoms with van der Waals surface area (Å²) in [5, 5.41) is 16.7. The standard InChI is InChI=1S/C23H15ClN4O3S/c24-17-8-6-15(7-9-17)19-10-11-20(32-19)23(30)31-14-21(29)27-22-16(12-25)13-26-28(22)18-4-2-1-3-5-18/h1-11,13H,14H2,(H,27,29). The number of anilines is 1. The van der Waals surface area contributed by atoms with Crippen LogP contribution in [-0.4, -0.2) is 28.3 Å². The summed E-state index contributed by atoms with van der Waals surface area (Å²) < 4.78 is 6.59. The Hall–Kier alpha value is -3.93. The molecule has 0 saturated heterocycles. The van der Waals surface area contributed by atoms with Gasteiger partial charge >= 0.3 is 5.97 Å². The van der Waals surface area contributed by atoms with E-state index in [0.29, 0.717) is 15.6 Å². The van der Waals surface area contributed by atoms with E-state index >= 15 is 0 Å². The summed E-state index contributed by atoms with van der Waals surface area (Å²) in [6, 6.07) is 21.8. The van der Waals surface area contributed by atoms with Crippen molar-refractivity contribution >= 4 is 40.6 Å². The minimum Gasteiger partial charge on any atom is -0.451 e. The van der Waals surface area contributed by atoms with Crippen LogP contribution in [0.4, 0.5) is 5.82 Å². The molecule has 4 aromatic rings. The molecule has 2 aromatic heterocycles. The summed E-state index contributed by atoms with van der Waals surface area (Å²) in [4.78, 5) is 26.0. The number of amides is 1. The molecule has 0 fully saturated rings. The number of nitrogens with one attached hydrogen (secondary N) is 1. The minimum atomic E-state index is -0.609. The molecule has 0 aliphatic heterocycles. The summed E-state index contributed by atoms with van der Waals surface area (Å²) in [6.45, 7) is -0.502. The number of ether oxygens (including phenoxy) is 1. The maximum atomic E-state index is 12.4. The van der Waals surface area contributed by atoms with Gasteiger partial charge in [-0.2, -0.15) is 10.4 Å². The topological polar surface area (TPSA) is 97.0 Å². The summed E-state index contributed by atoms with van der Waals surface area (Å²) in [5.74, 6) is -0.981. The predicted octanol–water partition coefficient (Wildman–Crippen LogP) is 4.92. The van der Waals surface area contributed by atoms with Gasteiger partial charge in [-0.05, 0) is 42.0 Å². The van der Waals surface area contributed by atoms with Gasteiger partial charge in [-0.3, -0.25) is 4.79 Å². The monoisotopic (exact) mass is 462 g/mol. The number of esters is 1. The first-order valence-corrected chi connectivity index (χ1v) is 10.6. The Kier molecular flexibility index (Phi) is 6.31. The van der Waals surface area contributed by atoms with Crippen LogP contribution in [0.5, 0.6) is 0 Å². The predicted molar refractivity (Wildman–Crippen MR) is 122 cm³/mol. The number of carbonyl (C=O) groups is 2. The average molecular weight is 463 g/mol. The third kappa shape index (κ3) is 4.70. The second-order valence-corrected chi connectivity index (χ2v) is 8.08. The second-order valence-electron chi connectivity index (χ2n) is 6.56. The molecule has 0 bridgehead atoms. The molecular formula is C23H15ClN4O3S. The molecule has 1 amide bonds. The summed E-state index contributed by atoms with van der Waals surface area (Å²) in [7, 11) is 0. The van der Waals surface area contributed by atoms with Gasteiger partial charge in [-0.1, -0.05) is 41.9 Å². The molecule has 0 unspecified atom stereocenters. The van der Waals surface area contributed by atoms with Crippen molar-refractivity contribution in [1.29, 1.82) is 5.26 Å². The molecule has 2 heterocycles. The van der Waals surface area contributed by atoms with E-state index in [9.17, 15) is 14.9 Å². The molecule has 7 nitrogen and oxygen atoms in total. The lowest BCUT2D eigenvalue weighted by Gasteiger charge is -2.09. The largest absolute Gasteiger partial charge is 0.451 e. The molecular weight excluding hydrogens is 448 g/mol. The highest BCUT2D eigenvalue weighted by atomic mass is 35.5. The number of thiophene rings is 1. The minimum absolute atomic E-state index is 0.194. The van der Waals surface area contributed by atoms with Gasteiger partial charge in [0, 0.05) is 9.90 Å². The van der Waals surface area contributed by atoms with Gasteiger partial charge in [0.05, 0.1) is 11.9 Å². The van der Waals surface area contributed by atoms with E-state index in [1.807, 2.05) is 42.5 Å². The Balaban J connectivity index is 1.41. The number of benzene rings is 2. The smallest absolute Gasteiger partial charge is 0.348 e. The first-order chi connectivity index (χ1) is 15.5. The number of nitrogens with zero attached hydrogens (tertiary/aromatic N) is 3. The van der Waals surface area contributed by atoms with Crippen molar-refractivity contribution in [2.45, 2.75) is 0 Å². The number of carbonyl (C=O) groups excluding carboxylic acids is 2. The van der Waals surface area contributed by atoms with Crippen LogP contribution in [0.1, 0.15) is 15.2 Å². The Labute approximate surface area is 192 Å². The number of rotatable bonds is 6. The first-order valence-electron chi connectivity index (χ1n) is 9.41. The maximum absolute atomic E-state index is 12.4. The zero-order chi connectivity index (χ0) is 22.5. The third-order valence-electron chi connectivity index (χ3n) is 4.42. The molecule has 158 valence electrons. The number of nitriles is 1. The van der Waals surface area contributed by atoms with Crippen molar-refractivity contribution in [1.82, 2.24) is 9.78 Å². The molecule has 0 saturated carbocycles. The first kappa shape index (κ1) is 21.3. The Morgan fingerprint density at radius 3 is 2.56 bits per heavy atom. The summed E-state index contributed by atoms with van der Waals surface area (Å²) in [6.07, 6.45) is 1.36. The zero-order valence-corrected chi connectivity index (χ0v) is 18.1. The molecule has 0 aliphatic carbocycles. The van der Waals surface area contributed by atoms with Crippen molar-refractivity contribution < 1.29 is 14.3 Å². The fraction of sp³-hybridized carbons (Fsp3) is 0.0435. The van der Waals surface area contributed by atoms with E-state index in [4.69, 9.17) is 16.3 Å². The molecule has 0 spiro atoms. The lowest BCUT2D eigenvalue weighted by atomic mass is 10.2. The Morgan fingerprint density at radius 1 is 1.09 bits per heavy atom. The molecule has 0 aliphatic rings. The van der Waals surface area contributed by atoms with Gasteiger partial charge in [-0.15, -0.1) is 11.3 Å². The summed E-state index contributed by atoms with van der Waals surface area (Å²) in [5.41, 5.74) is 1.79. The average Bonchev–Trinajstić information content (AvgIpc) is 3.46. The van der Waals surface area contributed by atoms with Gasteiger partial charge in [0.1, 0.15) is 16.5 Å². The van der Waals surface area contributed by atoms with Gasteiger partial charge in [0.25, 0.3) is 5.91 Å². The van der Waals surface area contributed by atoms with E-state index in [1.165, 1.54) is 22.2 Å². The second kappa shape index (κ2) is 9.47. The van der Waals surface area contributed by atoms with Crippen LogP contribution >= 0.6 is 22.9 Å². The van der Waals surface area contributed by atoms with Crippen molar-refractivity contribution in [3.8, 4) is 22.2 Å². The Morgan fingerprint density at radius 2 is 1.84 bits per heavy atom. The molecule has 1 N–H and O–H groups in total. The molecule has 32 heavy (non-hydrogen) atoms. The SMILES string of the molecule is N#Cc1cnn(-c2ccccc2)c1NC(=O)COC(=O)c1ccc(-c2ccc(Cl)cc2)s1. The van der Waals surface area contributed by atoms with Crippen LogP contribution < -0.4 is 5.32 Å². The molecule has 9 heteroatoms. The fourth-order valence-corrected chi connectivity index (χ4v) is 3.93. The van der Waals surface area contributed by atoms with Crippen LogP contribution in [-0.2, 0) is 9.53 Å². The molecule has 0 atom stereocenters. The lowest BCUT2D eigenvalue weighted by Crippen LogP contribution is -2.22. The van der Waals surface area contributed by atoms with Crippen LogP contribution in [0.2, 0.25) is 5.02 Å². The van der Waals surface area contributed by atoms with Crippen molar-refractivity contribution in [3.05, 3.63) is 88.4 Å². The normalized spacial score (nSPS) is 10.4. The number of halogens is 1. The highest BCUT2D eigenvalue weighted by Gasteiger charge is 2.18. The number of hydrogen-bond donors (Lipinski definition) is 1. The molecule has 2 aromatic carbocycles. The zero-order valence-electron chi connectivity index (χ0n) is 16.5. The third-order valence-corrected chi connectivity index (χ3v) is 5.78.